The molecule has 0 saturated heterocycles. The van der Waals surface area contributed by atoms with Gasteiger partial charge in [0, 0.05) is 28.9 Å². The Morgan fingerprint density at radius 2 is 1.95 bits per heavy atom. The second-order valence-corrected chi connectivity index (χ2v) is 4.74. The molecule has 0 heterocycles. The minimum Gasteiger partial charge on any atom is -0.399 e. The van der Waals surface area contributed by atoms with Crippen molar-refractivity contribution in [2.45, 2.75) is 20.1 Å². The van der Waals surface area contributed by atoms with Gasteiger partial charge in [-0.05, 0) is 32.0 Å². The van der Waals surface area contributed by atoms with Crippen molar-refractivity contribution in [1.82, 2.24) is 5.32 Å². The Labute approximate surface area is 121 Å². The molecule has 3 N–H and O–H groups in total. The van der Waals surface area contributed by atoms with Crippen molar-refractivity contribution >= 4 is 27.5 Å². The molecule has 0 aliphatic heterocycles. The molecule has 1 amide bonds. The molecule has 0 aromatic heterocycles. The highest BCUT2D eigenvalue weighted by molar-refractivity contribution is 9.10. The Morgan fingerprint density at radius 3 is 2.47 bits per heavy atom. The third kappa shape index (κ3) is 5.59. The zero-order chi connectivity index (χ0) is 14.3. The van der Waals surface area contributed by atoms with E-state index in [0.29, 0.717) is 31.0 Å². The van der Waals surface area contributed by atoms with Crippen molar-refractivity contribution in [3.05, 3.63) is 28.2 Å². The largest absolute Gasteiger partial charge is 0.399 e. The molecule has 6 heteroatoms. The lowest BCUT2D eigenvalue weighted by Crippen LogP contribution is -2.35. The van der Waals surface area contributed by atoms with Crippen LogP contribution in [0.1, 0.15) is 24.2 Å². The third-order valence-corrected chi connectivity index (χ3v) is 2.77. The third-order valence-electron chi connectivity index (χ3n) is 2.32. The fourth-order valence-corrected chi connectivity index (χ4v) is 2.07. The van der Waals surface area contributed by atoms with Crippen LogP contribution in [-0.4, -0.2) is 32.0 Å². The number of carbonyl (C=O) groups excluding carboxylic acids is 1. The molecular weight excluding hydrogens is 312 g/mol. The van der Waals surface area contributed by atoms with Gasteiger partial charge in [-0.25, -0.2) is 0 Å². The lowest BCUT2D eigenvalue weighted by Gasteiger charge is -2.17. The summed E-state index contributed by atoms with van der Waals surface area (Å²) in [4.78, 5) is 12.0. The van der Waals surface area contributed by atoms with Gasteiger partial charge in [-0.2, -0.15) is 0 Å². The molecule has 5 nitrogen and oxygen atoms in total. The lowest BCUT2D eigenvalue weighted by atomic mass is 10.2. The van der Waals surface area contributed by atoms with Crippen molar-refractivity contribution in [3.63, 3.8) is 0 Å². The van der Waals surface area contributed by atoms with E-state index in [9.17, 15) is 4.79 Å². The Kier molecular flexibility index (Phi) is 6.83. The molecule has 106 valence electrons. The first-order chi connectivity index (χ1) is 9.06. The molecule has 0 radical (unpaired) electrons. The number of amides is 1. The summed E-state index contributed by atoms with van der Waals surface area (Å²) in [5.41, 5.74) is 6.72. The van der Waals surface area contributed by atoms with Crippen LogP contribution in [-0.2, 0) is 9.47 Å². The van der Waals surface area contributed by atoms with Gasteiger partial charge in [0.05, 0.1) is 6.54 Å². The van der Waals surface area contributed by atoms with Crippen LogP contribution in [0.4, 0.5) is 5.69 Å². The highest BCUT2D eigenvalue weighted by Crippen LogP contribution is 2.17. The predicted octanol–water partition coefficient (Wildman–Crippen LogP) is 2.16. The summed E-state index contributed by atoms with van der Waals surface area (Å²) in [5, 5.41) is 2.76. The Morgan fingerprint density at radius 1 is 1.32 bits per heavy atom. The molecule has 0 bridgehead atoms. The first kappa shape index (κ1) is 15.9. The molecule has 0 spiro atoms. The van der Waals surface area contributed by atoms with Crippen LogP contribution in [0, 0.1) is 0 Å². The number of nitrogens with two attached hydrogens (primary N) is 1. The molecule has 1 aromatic carbocycles. The summed E-state index contributed by atoms with van der Waals surface area (Å²) in [7, 11) is 0. The molecule has 0 unspecified atom stereocenters. The fraction of sp³-hybridized carbons (Fsp3) is 0.462. The standard InChI is InChI=1S/C13H19BrN2O3/c1-3-18-12(19-4-2)8-16-13(17)9-5-10(14)7-11(15)6-9/h5-7,12H,3-4,8,15H2,1-2H3,(H,16,17). The summed E-state index contributed by atoms with van der Waals surface area (Å²) in [6, 6.07) is 5.07. The monoisotopic (exact) mass is 330 g/mol. The van der Waals surface area contributed by atoms with Crippen molar-refractivity contribution < 1.29 is 14.3 Å². The second kappa shape index (κ2) is 8.14. The van der Waals surface area contributed by atoms with Gasteiger partial charge in [0.1, 0.15) is 0 Å². The van der Waals surface area contributed by atoms with Crippen LogP contribution in [0.15, 0.2) is 22.7 Å². The quantitative estimate of drug-likeness (QED) is 0.593. The van der Waals surface area contributed by atoms with E-state index in [0.717, 1.165) is 4.47 Å². The normalized spacial score (nSPS) is 10.7. The molecule has 19 heavy (non-hydrogen) atoms. The Hall–Kier alpha value is -1.11. The van der Waals surface area contributed by atoms with Gasteiger partial charge in [0.25, 0.3) is 5.91 Å². The maximum absolute atomic E-state index is 12.0. The van der Waals surface area contributed by atoms with Gasteiger partial charge >= 0.3 is 0 Å². The number of benzene rings is 1. The first-order valence-electron chi connectivity index (χ1n) is 6.14. The topological polar surface area (TPSA) is 73.6 Å². The molecule has 0 saturated carbocycles. The number of hydrogen-bond acceptors (Lipinski definition) is 4. The number of nitrogen functional groups attached to an aromatic ring is 1. The molecule has 0 aliphatic rings. The number of rotatable bonds is 7. The average Bonchev–Trinajstić information content (AvgIpc) is 2.35. The average molecular weight is 331 g/mol. The number of halogens is 1. The second-order valence-electron chi connectivity index (χ2n) is 3.82. The lowest BCUT2D eigenvalue weighted by molar-refractivity contribution is -0.131. The highest BCUT2D eigenvalue weighted by Gasteiger charge is 2.12. The van der Waals surface area contributed by atoms with E-state index in [-0.39, 0.29) is 5.91 Å². The number of carbonyl (C=O) groups is 1. The number of hydrogen-bond donors (Lipinski definition) is 2. The van der Waals surface area contributed by atoms with Gasteiger partial charge < -0.3 is 20.5 Å². The highest BCUT2D eigenvalue weighted by atomic mass is 79.9. The van der Waals surface area contributed by atoms with Gasteiger partial charge in [-0.15, -0.1) is 0 Å². The van der Waals surface area contributed by atoms with Gasteiger partial charge in [0.15, 0.2) is 6.29 Å². The molecule has 0 fully saturated rings. The van der Waals surface area contributed by atoms with Crippen LogP contribution < -0.4 is 11.1 Å². The number of ether oxygens (including phenoxy) is 2. The zero-order valence-corrected chi connectivity index (χ0v) is 12.7. The van der Waals surface area contributed by atoms with Crippen molar-refractivity contribution in [3.8, 4) is 0 Å². The van der Waals surface area contributed by atoms with E-state index in [1.165, 1.54) is 0 Å². The molecule has 0 atom stereocenters. The molecule has 1 aromatic rings. The van der Waals surface area contributed by atoms with Gasteiger partial charge in [0.2, 0.25) is 0 Å². The smallest absolute Gasteiger partial charge is 0.251 e. The Balaban J connectivity index is 2.58. The maximum atomic E-state index is 12.0. The van der Waals surface area contributed by atoms with Gasteiger partial charge in [-0.3, -0.25) is 4.79 Å². The van der Waals surface area contributed by atoms with E-state index < -0.39 is 6.29 Å². The van der Waals surface area contributed by atoms with Crippen LogP contribution in [0.25, 0.3) is 0 Å². The van der Waals surface area contributed by atoms with Crippen molar-refractivity contribution in [1.29, 1.82) is 0 Å². The summed E-state index contributed by atoms with van der Waals surface area (Å²) in [5.74, 6) is -0.211. The predicted molar refractivity (Wildman–Crippen MR) is 77.9 cm³/mol. The van der Waals surface area contributed by atoms with Crippen LogP contribution in [0.2, 0.25) is 0 Å². The summed E-state index contributed by atoms with van der Waals surface area (Å²) < 4.78 is 11.5. The van der Waals surface area contributed by atoms with E-state index >= 15 is 0 Å². The molecule has 1 rings (SSSR count). The van der Waals surface area contributed by atoms with E-state index in [4.69, 9.17) is 15.2 Å². The fourth-order valence-electron chi connectivity index (χ4n) is 1.56. The summed E-state index contributed by atoms with van der Waals surface area (Å²) in [6.07, 6.45) is -0.427. The van der Waals surface area contributed by atoms with Crippen LogP contribution in [0.3, 0.4) is 0 Å². The minimum absolute atomic E-state index is 0.211. The summed E-state index contributed by atoms with van der Waals surface area (Å²) in [6.45, 7) is 5.12. The number of nitrogens with one attached hydrogen (secondary N) is 1. The van der Waals surface area contributed by atoms with E-state index in [2.05, 4.69) is 21.2 Å². The Bertz CT molecular complexity index is 400. The van der Waals surface area contributed by atoms with Crippen molar-refractivity contribution in [2.75, 3.05) is 25.5 Å². The SMILES string of the molecule is CCOC(CNC(=O)c1cc(N)cc(Br)c1)OCC. The van der Waals surface area contributed by atoms with Crippen LogP contribution >= 0.6 is 15.9 Å². The van der Waals surface area contributed by atoms with E-state index in [1.807, 2.05) is 13.8 Å². The van der Waals surface area contributed by atoms with Gasteiger partial charge in [-0.1, -0.05) is 15.9 Å². The summed E-state index contributed by atoms with van der Waals surface area (Å²) >= 11 is 3.30. The van der Waals surface area contributed by atoms with E-state index in [1.54, 1.807) is 18.2 Å². The number of anilines is 1. The molecule has 0 aliphatic carbocycles. The molecular formula is C13H19BrN2O3. The van der Waals surface area contributed by atoms with Crippen LogP contribution in [0.5, 0.6) is 0 Å². The zero-order valence-electron chi connectivity index (χ0n) is 11.1. The minimum atomic E-state index is -0.427. The van der Waals surface area contributed by atoms with Crippen molar-refractivity contribution in [2.24, 2.45) is 0 Å². The first-order valence-corrected chi connectivity index (χ1v) is 6.93. The maximum Gasteiger partial charge on any atom is 0.251 e.